The number of pyridine rings is 1. The van der Waals surface area contributed by atoms with Crippen molar-refractivity contribution in [1.29, 1.82) is 0 Å². The van der Waals surface area contributed by atoms with Crippen LogP contribution in [0.2, 0.25) is 5.02 Å². The Morgan fingerprint density at radius 2 is 1.97 bits per heavy atom. The molecule has 0 saturated heterocycles. The van der Waals surface area contributed by atoms with Crippen LogP contribution in [0.4, 0.5) is 4.39 Å². The van der Waals surface area contributed by atoms with Gasteiger partial charge in [-0.25, -0.2) is 4.39 Å². The van der Waals surface area contributed by atoms with Gasteiger partial charge in [0.05, 0.1) is 10.8 Å². The molecule has 31 heavy (non-hydrogen) atoms. The van der Waals surface area contributed by atoms with Crippen LogP contribution >= 0.6 is 23.4 Å². The predicted molar refractivity (Wildman–Crippen MR) is 118 cm³/mol. The second-order valence-corrected chi connectivity index (χ2v) is 7.95. The number of aromatic nitrogens is 4. The summed E-state index contributed by atoms with van der Waals surface area (Å²) >= 11 is 7.53. The van der Waals surface area contributed by atoms with Crippen LogP contribution in [0.5, 0.6) is 5.75 Å². The number of hydrogen-bond donors (Lipinski definition) is 0. The van der Waals surface area contributed by atoms with Gasteiger partial charge in [0.15, 0.2) is 16.8 Å². The van der Waals surface area contributed by atoms with Crippen LogP contribution in [0.3, 0.4) is 0 Å². The van der Waals surface area contributed by atoms with E-state index in [1.54, 1.807) is 18.3 Å². The topological polar surface area (TPSA) is 69.9 Å². The number of ketones is 1. The fraction of sp³-hybridized carbons (Fsp3) is 0.182. The lowest BCUT2D eigenvalue weighted by molar-refractivity contribution is 0.102. The number of benzene rings is 2. The van der Waals surface area contributed by atoms with Crippen molar-refractivity contribution in [3.05, 3.63) is 77.0 Å². The molecule has 0 aliphatic carbocycles. The third kappa shape index (κ3) is 4.70. The Hall–Kier alpha value is -2.97. The zero-order valence-corrected chi connectivity index (χ0v) is 18.2. The number of halogens is 2. The largest absolute Gasteiger partial charge is 0.483 e. The van der Waals surface area contributed by atoms with Crippen LogP contribution in [-0.4, -0.2) is 31.3 Å². The molecule has 2 aromatic heterocycles. The zero-order valence-electron chi connectivity index (χ0n) is 16.6. The zero-order chi connectivity index (χ0) is 21.8. The summed E-state index contributed by atoms with van der Waals surface area (Å²) in [5.41, 5.74) is 1.14. The third-order valence-corrected chi connectivity index (χ3v) is 5.94. The highest BCUT2D eigenvalue weighted by Gasteiger charge is 2.15. The number of carbonyl (C=O) groups excluding carboxylic acids is 1. The van der Waals surface area contributed by atoms with Gasteiger partial charge in [0.2, 0.25) is 0 Å². The van der Waals surface area contributed by atoms with Crippen molar-refractivity contribution in [2.24, 2.45) is 0 Å². The summed E-state index contributed by atoms with van der Waals surface area (Å²) in [4.78, 5) is 16.7. The van der Waals surface area contributed by atoms with Gasteiger partial charge in [0, 0.05) is 23.7 Å². The van der Waals surface area contributed by atoms with Crippen LogP contribution in [0.15, 0.2) is 59.9 Å². The van der Waals surface area contributed by atoms with E-state index in [0.717, 1.165) is 5.39 Å². The van der Waals surface area contributed by atoms with Crippen LogP contribution in [0.25, 0.3) is 10.9 Å². The summed E-state index contributed by atoms with van der Waals surface area (Å²) in [6.07, 6.45) is 1.69. The molecule has 0 atom stereocenters. The number of hydrogen-bond acceptors (Lipinski definition) is 6. The van der Waals surface area contributed by atoms with Gasteiger partial charge in [0.25, 0.3) is 0 Å². The SMILES string of the molecule is CCn1c(COc2ccc(Cl)c3cccnc23)nnc1SCC(=O)c1ccc(F)cc1. The highest BCUT2D eigenvalue weighted by atomic mass is 35.5. The van der Waals surface area contributed by atoms with Gasteiger partial charge in [-0.3, -0.25) is 9.78 Å². The fourth-order valence-electron chi connectivity index (χ4n) is 3.07. The lowest BCUT2D eigenvalue weighted by Crippen LogP contribution is -2.08. The molecule has 0 spiro atoms. The molecule has 0 aliphatic rings. The quantitative estimate of drug-likeness (QED) is 0.268. The maximum Gasteiger partial charge on any atom is 0.191 e. The molecule has 0 amide bonds. The Balaban J connectivity index is 1.46. The van der Waals surface area contributed by atoms with E-state index in [2.05, 4.69) is 15.2 Å². The minimum atomic E-state index is -0.372. The molecular weight excluding hydrogens is 439 g/mol. The number of thioether (sulfide) groups is 1. The van der Waals surface area contributed by atoms with E-state index < -0.39 is 0 Å². The second-order valence-electron chi connectivity index (χ2n) is 6.60. The van der Waals surface area contributed by atoms with Gasteiger partial charge >= 0.3 is 0 Å². The van der Waals surface area contributed by atoms with E-state index in [1.165, 1.54) is 36.0 Å². The van der Waals surface area contributed by atoms with Crippen LogP contribution in [0.1, 0.15) is 23.1 Å². The first-order chi connectivity index (χ1) is 15.1. The van der Waals surface area contributed by atoms with Crippen molar-refractivity contribution in [3.63, 3.8) is 0 Å². The molecule has 0 N–H and O–H groups in total. The van der Waals surface area contributed by atoms with Gasteiger partial charge in [-0.1, -0.05) is 23.4 Å². The van der Waals surface area contributed by atoms with Crippen LogP contribution in [0, 0.1) is 5.82 Å². The molecule has 0 aliphatic heterocycles. The highest BCUT2D eigenvalue weighted by Crippen LogP contribution is 2.30. The summed E-state index contributed by atoms with van der Waals surface area (Å²) in [6, 6.07) is 12.8. The Kier molecular flexibility index (Phi) is 6.48. The van der Waals surface area contributed by atoms with Crippen molar-refractivity contribution in [1.82, 2.24) is 19.7 Å². The molecule has 0 unspecified atom stereocenters. The van der Waals surface area contributed by atoms with Crippen molar-refractivity contribution in [3.8, 4) is 5.75 Å². The van der Waals surface area contributed by atoms with Crippen molar-refractivity contribution in [2.45, 2.75) is 25.2 Å². The minimum Gasteiger partial charge on any atom is -0.483 e. The highest BCUT2D eigenvalue weighted by molar-refractivity contribution is 7.99. The molecular formula is C22H18ClFN4O2S. The van der Waals surface area contributed by atoms with Gasteiger partial charge in [0.1, 0.15) is 23.7 Å². The smallest absolute Gasteiger partial charge is 0.191 e. The van der Waals surface area contributed by atoms with Crippen molar-refractivity contribution in [2.75, 3.05) is 5.75 Å². The van der Waals surface area contributed by atoms with Crippen LogP contribution < -0.4 is 4.74 Å². The minimum absolute atomic E-state index is 0.104. The average Bonchev–Trinajstić information content (AvgIpc) is 3.19. The molecule has 4 aromatic rings. The first kappa shape index (κ1) is 21.3. The number of fused-ring (bicyclic) bond motifs is 1. The fourth-order valence-corrected chi connectivity index (χ4v) is 4.20. The maximum absolute atomic E-state index is 13.0. The summed E-state index contributed by atoms with van der Waals surface area (Å²) in [7, 11) is 0. The van der Waals surface area contributed by atoms with Crippen molar-refractivity contribution < 1.29 is 13.9 Å². The van der Waals surface area contributed by atoms with Crippen molar-refractivity contribution >= 4 is 40.0 Å². The number of ether oxygens (including phenoxy) is 1. The molecule has 0 radical (unpaired) electrons. The van der Waals surface area contributed by atoms with Crippen LogP contribution in [-0.2, 0) is 13.2 Å². The van der Waals surface area contributed by atoms with E-state index in [0.29, 0.717) is 39.4 Å². The Morgan fingerprint density at radius 3 is 2.74 bits per heavy atom. The monoisotopic (exact) mass is 456 g/mol. The van der Waals surface area contributed by atoms with E-state index in [1.807, 2.05) is 23.6 Å². The molecule has 6 nitrogen and oxygen atoms in total. The molecule has 0 fully saturated rings. The number of Topliss-reactive ketones (excluding diaryl/α,β-unsaturated/α-hetero) is 1. The molecule has 4 rings (SSSR count). The molecule has 2 heterocycles. The maximum atomic E-state index is 13.0. The molecule has 158 valence electrons. The van der Waals surface area contributed by atoms with E-state index in [4.69, 9.17) is 16.3 Å². The molecule has 2 aromatic carbocycles. The molecule has 0 saturated carbocycles. The van der Waals surface area contributed by atoms with E-state index in [-0.39, 0.29) is 24.0 Å². The van der Waals surface area contributed by atoms with Gasteiger partial charge in [-0.05, 0) is 55.5 Å². The van der Waals surface area contributed by atoms with E-state index in [9.17, 15) is 9.18 Å². The number of rotatable bonds is 8. The molecule has 0 bridgehead atoms. The summed E-state index contributed by atoms with van der Waals surface area (Å²) in [5.74, 6) is 0.941. The first-order valence-electron chi connectivity index (χ1n) is 9.56. The number of nitrogens with zero attached hydrogens (tertiary/aromatic N) is 4. The second kappa shape index (κ2) is 9.45. The standard InChI is InChI=1S/C22H18ClFN4O2S/c1-2-28-20(12-30-19-10-9-17(23)16-4-3-11-25-21(16)19)26-27-22(28)31-13-18(29)14-5-7-15(24)8-6-14/h3-11H,2,12-13H2,1H3. The van der Waals surface area contributed by atoms with E-state index >= 15 is 0 Å². The average molecular weight is 457 g/mol. The summed E-state index contributed by atoms with van der Waals surface area (Å²) in [6.45, 7) is 2.79. The Labute approximate surface area is 187 Å². The molecule has 9 heteroatoms. The first-order valence-corrected chi connectivity index (χ1v) is 10.9. The Bertz CT molecular complexity index is 1230. The summed E-state index contributed by atoms with van der Waals surface area (Å²) in [5, 5.41) is 10.5. The predicted octanol–water partition coefficient (Wildman–Crippen LogP) is 5.19. The summed E-state index contributed by atoms with van der Waals surface area (Å²) < 4.78 is 20.9. The third-order valence-electron chi connectivity index (χ3n) is 4.64. The van der Waals surface area contributed by atoms with Gasteiger partial charge in [-0.15, -0.1) is 10.2 Å². The number of carbonyl (C=O) groups is 1. The Morgan fingerprint density at radius 1 is 1.16 bits per heavy atom. The normalized spacial score (nSPS) is 11.1. The van der Waals surface area contributed by atoms with Gasteiger partial charge in [-0.2, -0.15) is 0 Å². The lowest BCUT2D eigenvalue weighted by Gasteiger charge is -2.11. The lowest BCUT2D eigenvalue weighted by atomic mass is 10.1. The van der Waals surface area contributed by atoms with Gasteiger partial charge < -0.3 is 9.30 Å².